The highest BCUT2D eigenvalue weighted by Gasteiger charge is 2.34. The normalized spacial score (nSPS) is 25.5. The number of halogens is 2. The standard InChI is InChI=1S/C15H19ClN2O2.ClH/c16-12-5-3-11(4-6-12)13-2-1-8-18(13)15(19)14-10-17-7-9-20-14;/h3-6,13-14,17H,1-2,7-10H2;1H. The smallest absolute Gasteiger partial charge is 0.253 e. The van der Waals surface area contributed by atoms with E-state index in [1.165, 1.54) is 0 Å². The largest absolute Gasteiger partial charge is 0.366 e. The SMILES string of the molecule is Cl.O=C(C1CNCCO1)N1CCCC1c1ccc(Cl)cc1. The van der Waals surface area contributed by atoms with Gasteiger partial charge in [-0.15, -0.1) is 12.4 Å². The van der Waals surface area contributed by atoms with Crippen LogP contribution >= 0.6 is 24.0 Å². The maximum Gasteiger partial charge on any atom is 0.253 e. The van der Waals surface area contributed by atoms with Crippen LogP contribution in [0.4, 0.5) is 0 Å². The Kier molecular flexibility index (Phi) is 5.88. The molecule has 0 radical (unpaired) electrons. The first kappa shape index (κ1) is 16.6. The molecule has 1 aromatic rings. The lowest BCUT2D eigenvalue weighted by molar-refractivity contribution is -0.146. The fourth-order valence-corrected chi connectivity index (χ4v) is 3.10. The second-order valence-electron chi connectivity index (χ2n) is 5.30. The second kappa shape index (κ2) is 7.45. The molecule has 2 heterocycles. The molecule has 6 heteroatoms. The lowest BCUT2D eigenvalue weighted by Crippen LogP contribution is -2.49. The summed E-state index contributed by atoms with van der Waals surface area (Å²) < 4.78 is 5.58. The third-order valence-electron chi connectivity index (χ3n) is 3.99. The van der Waals surface area contributed by atoms with Gasteiger partial charge in [-0.2, -0.15) is 0 Å². The number of nitrogens with one attached hydrogen (secondary N) is 1. The third-order valence-corrected chi connectivity index (χ3v) is 4.25. The number of likely N-dealkylation sites (tertiary alicyclic amines) is 1. The molecule has 1 amide bonds. The fraction of sp³-hybridized carbons (Fsp3) is 0.533. The summed E-state index contributed by atoms with van der Waals surface area (Å²) in [6.45, 7) is 2.86. The molecule has 4 nitrogen and oxygen atoms in total. The van der Waals surface area contributed by atoms with Crippen LogP contribution in [0, 0.1) is 0 Å². The van der Waals surface area contributed by atoms with Crippen LogP contribution < -0.4 is 5.32 Å². The minimum atomic E-state index is -0.336. The lowest BCUT2D eigenvalue weighted by Gasteiger charge is -2.31. The monoisotopic (exact) mass is 330 g/mol. The third kappa shape index (κ3) is 3.69. The molecule has 0 aromatic heterocycles. The van der Waals surface area contributed by atoms with Crippen LogP contribution in [-0.4, -0.2) is 43.2 Å². The molecule has 2 aliphatic heterocycles. The summed E-state index contributed by atoms with van der Waals surface area (Å²) in [5, 5.41) is 3.94. The average Bonchev–Trinajstić information content (AvgIpc) is 2.97. The zero-order valence-corrected chi connectivity index (χ0v) is 13.3. The second-order valence-corrected chi connectivity index (χ2v) is 5.74. The molecule has 0 spiro atoms. The summed E-state index contributed by atoms with van der Waals surface area (Å²) in [5.74, 6) is 0.106. The molecule has 2 atom stereocenters. The summed E-state index contributed by atoms with van der Waals surface area (Å²) in [7, 11) is 0. The maximum absolute atomic E-state index is 12.6. The molecule has 2 unspecified atom stereocenters. The quantitative estimate of drug-likeness (QED) is 0.905. The number of carbonyl (C=O) groups is 1. The van der Waals surface area contributed by atoms with Gasteiger partial charge in [0.2, 0.25) is 0 Å². The van der Waals surface area contributed by atoms with Gasteiger partial charge in [-0.05, 0) is 30.5 Å². The van der Waals surface area contributed by atoms with E-state index in [2.05, 4.69) is 5.32 Å². The summed E-state index contributed by atoms with van der Waals surface area (Å²) in [6, 6.07) is 7.95. The molecule has 1 N–H and O–H groups in total. The molecule has 2 aliphatic rings. The summed E-state index contributed by atoms with van der Waals surface area (Å²) in [6.07, 6.45) is 1.71. The first-order chi connectivity index (χ1) is 9.75. The summed E-state index contributed by atoms with van der Waals surface area (Å²) in [5.41, 5.74) is 1.16. The number of benzene rings is 1. The van der Waals surface area contributed by atoms with Gasteiger partial charge in [-0.25, -0.2) is 0 Å². The van der Waals surface area contributed by atoms with E-state index in [1.807, 2.05) is 29.2 Å². The van der Waals surface area contributed by atoms with Crippen LogP contribution in [-0.2, 0) is 9.53 Å². The number of morpholine rings is 1. The number of carbonyl (C=O) groups excluding carboxylic acids is 1. The Labute approximate surface area is 136 Å². The van der Waals surface area contributed by atoms with E-state index in [-0.39, 0.29) is 30.5 Å². The molecule has 21 heavy (non-hydrogen) atoms. The topological polar surface area (TPSA) is 41.6 Å². The number of amides is 1. The Hall–Kier alpha value is -0.810. The molecule has 0 bridgehead atoms. The van der Waals surface area contributed by atoms with Crippen molar-refractivity contribution in [1.82, 2.24) is 10.2 Å². The minimum Gasteiger partial charge on any atom is -0.366 e. The number of hydrogen-bond acceptors (Lipinski definition) is 3. The van der Waals surface area contributed by atoms with Crippen LogP contribution in [0.3, 0.4) is 0 Å². The zero-order valence-electron chi connectivity index (χ0n) is 11.8. The highest BCUT2D eigenvalue weighted by atomic mass is 35.5. The highest BCUT2D eigenvalue weighted by Crippen LogP contribution is 2.33. The predicted octanol–water partition coefficient (Wildman–Crippen LogP) is 2.41. The van der Waals surface area contributed by atoms with Gasteiger partial charge in [0.1, 0.15) is 6.10 Å². The van der Waals surface area contributed by atoms with Crippen molar-refractivity contribution in [3.63, 3.8) is 0 Å². The summed E-state index contributed by atoms with van der Waals surface area (Å²) in [4.78, 5) is 14.5. The Morgan fingerprint density at radius 1 is 1.33 bits per heavy atom. The van der Waals surface area contributed by atoms with Gasteiger partial charge in [0.05, 0.1) is 12.6 Å². The van der Waals surface area contributed by atoms with Gasteiger partial charge in [0.25, 0.3) is 5.91 Å². The van der Waals surface area contributed by atoms with E-state index in [0.29, 0.717) is 13.2 Å². The van der Waals surface area contributed by atoms with Crippen LogP contribution in [0.5, 0.6) is 0 Å². The predicted molar refractivity (Wildman–Crippen MR) is 85.0 cm³/mol. The minimum absolute atomic E-state index is 0. The lowest BCUT2D eigenvalue weighted by atomic mass is 10.0. The van der Waals surface area contributed by atoms with Crippen molar-refractivity contribution in [1.29, 1.82) is 0 Å². The molecule has 2 saturated heterocycles. The molecule has 0 saturated carbocycles. The molecule has 3 rings (SSSR count). The maximum atomic E-state index is 12.6. The van der Waals surface area contributed by atoms with E-state index in [0.717, 1.165) is 36.5 Å². The molecular weight excluding hydrogens is 311 g/mol. The number of rotatable bonds is 2. The highest BCUT2D eigenvalue weighted by molar-refractivity contribution is 6.30. The number of hydrogen-bond donors (Lipinski definition) is 1. The average molecular weight is 331 g/mol. The Morgan fingerprint density at radius 3 is 2.76 bits per heavy atom. The van der Waals surface area contributed by atoms with Gasteiger partial charge >= 0.3 is 0 Å². The van der Waals surface area contributed by atoms with E-state index in [9.17, 15) is 4.79 Å². The molecular formula is C15H20Cl2N2O2. The van der Waals surface area contributed by atoms with Crippen molar-refractivity contribution in [2.24, 2.45) is 0 Å². The Balaban J connectivity index is 0.00000161. The van der Waals surface area contributed by atoms with E-state index < -0.39 is 0 Å². The van der Waals surface area contributed by atoms with Crippen molar-refractivity contribution in [2.75, 3.05) is 26.2 Å². The molecule has 1 aromatic carbocycles. The van der Waals surface area contributed by atoms with Gasteiger partial charge in [-0.1, -0.05) is 23.7 Å². The van der Waals surface area contributed by atoms with Crippen LogP contribution in [0.25, 0.3) is 0 Å². The van der Waals surface area contributed by atoms with Gasteiger partial charge in [0.15, 0.2) is 0 Å². The Bertz CT molecular complexity index is 475. The van der Waals surface area contributed by atoms with E-state index in [4.69, 9.17) is 16.3 Å². The van der Waals surface area contributed by atoms with Gasteiger partial charge < -0.3 is 15.0 Å². The first-order valence-electron chi connectivity index (χ1n) is 7.14. The zero-order chi connectivity index (χ0) is 13.9. The summed E-state index contributed by atoms with van der Waals surface area (Å²) >= 11 is 5.93. The Morgan fingerprint density at radius 2 is 2.10 bits per heavy atom. The molecule has 116 valence electrons. The van der Waals surface area contributed by atoms with Gasteiger partial charge in [-0.3, -0.25) is 4.79 Å². The number of nitrogens with zero attached hydrogens (tertiary/aromatic N) is 1. The van der Waals surface area contributed by atoms with Crippen LogP contribution in [0.2, 0.25) is 5.02 Å². The van der Waals surface area contributed by atoms with Crippen LogP contribution in [0.15, 0.2) is 24.3 Å². The van der Waals surface area contributed by atoms with E-state index >= 15 is 0 Å². The fourth-order valence-electron chi connectivity index (χ4n) is 2.97. The van der Waals surface area contributed by atoms with Crippen molar-refractivity contribution < 1.29 is 9.53 Å². The first-order valence-corrected chi connectivity index (χ1v) is 7.52. The number of ether oxygens (including phenoxy) is 1. The van der Waals surface area contributed by atoms with E-state index in [1.54, 1.807) is 0 Å². The van der Waals surface area contributed by atoms with Crippen molar-refractivity contribution in [3.05, 3.63) is 34.9 Å². The molecule has 0 aliphatic carbocycles. The van der Waals surface area contributed by atoms with Crippen LogP contribution in [0.1, 0.15) is 24.4 Å². The van der Waals surface area contributed by atoms with Crippen molar-refractivity contribution in [3.8, 4) is 0 Å². The molecule has 2 fully saturated rings. The van der Waals surface area contributed by atoms with Crippen molar-refractivity contribution in [2.45, 2.75) is 25.0 Å². The van der Waals surface area contributed by atoms with Crippen molar-refractivity contribution >= 4 is 29.9 Å². The van der Waals surface area contributed by atoms with Gasteiger partial charge in [0, 0.05) is 24.7 Å².